The molecule has 0 saturated carbocycles. The second kappa shape index (κ2) is 10.8. The molecule has 0 bridgehead atoms. The molecule has 8 heteroatoms. The highest BCUT2D eigenvalue weighted by Crippen LogP contribution is 2.30. The van der Waals surface area contributed by atoms with Crippen LogP contribution in [0.25, 0.3) is 12.2 Å². The van der Waals surface area contributed by atoms with Crippen LogP contribution >= 0.6 is 0 Å². The van der Waals surface area contributed by atoms with Gasteiger partial charge in [-0.1, -0.05) is 53.2 Å². The Balaban J connectivity index is 1.48. The molecule has 4 rings (SSSR count). The lowest BCUT2D eigenvalue weighted by molar-refractivity contribution is -0.123. The second-order valence-corrected chi connectivity index (χ2v) is 11.2. The molecule has 0 atom stereocenters. The molecule has 190 valence electrons. The molecular formula is C28H33N3O4S. The Labute approximate surface area is 213 Å². The number of benzene rings is 2. The van der Waals surface area contributed by atoms with Crippen LogP contribution in [0.1, 0.15) is 47.9 Å². The van der Waals surface area contributed by atoms with E-state index in [2.05, 4.69) is 5.16 Å². The average Bonchev–Trinajstić information content (AvgIpc) is 3.25. The van der Waals surface area contributed by atoms with Crippen molar-refractivity contribution in [2.24, 2.45) is 5.92 Å². The minimum absolute atomic E-state index is 0.0445. The summed E-state index contributed by atoms with van der Waals surface area (Å²) in [7, 11) is -3.82. The third kappa shape index (κ3) is 5.44. The van der Waals surface area contributed by atoms with E-state index in [9.17, 15) is 13.2 Å². The summed E-state index contributed by atoms with van der Waals surface area (Å²) < 4.78 is 34.0. The average molecular weight is 508 g/mol. The molecule has 1 saturated heterocycles. The fraction of sp³-hybridized carbons (Fsp3) is 0.357. The molecule has 1 aliphatic heterocycles. The highest BCUT2D eigenvalue weighted by molar-refractivity contribution is 7.89. The van der Waals surface area contributed by atoms with Crippen molar-refractivity contribution in [3.8, 4) is 0 Å². The van der Waals surface area contributed by atoms with Crippen molar-refractivity contribution in [2.75, 3.05) is 24.5 Å². The van der Waals surface area contributed by atoms with Crippen LogP contribution in [-0.4, -0.2) is 43.4 Å². The number of carbonyl (C=O) groups is 1. The van der Waals surface area contributed by atoms with Gasteiger partial charge in [0.25, 0.3) is 0 Å². The number of piperidine rings is 1. The van der Waals surface area contributed by atoms with E-state index in [-0.39, 0.29) is 35.6 Å². The first-order valence-electron chi connectivity index (χ1n) is 12.3. The Bertz CT molecular complexity index is 1350. The standard InChI is InChI=1S/C28H33N3O4S/c1-5-31(25-8-6-7-21(3)19-25)28(32)24-15-17-30(18-16-24)36(33,34)27-22(4)29-35-26(27)14-13-23-11-9-20(2)10-12-23/h6-14,19,24H,5,15-18H2,1-4H3/b14-13+. The lowest BCUT2D eigenvalue weighted by Gasteiger charge is -2.33. The van der Waals surface area contributed by atoms with Crippen LogP contribution in [0.3, 0.4) is 0 Å². The van der Waals surface area contributed by atoms with Crippen molar-refractivity contribution in [3.05, 3.63) is 76.7 Å². The lowest BCUT2D eigenvalue weighted by atomic mass is 9.96. The van der Waals surface area contributed by atoms with Crippen LogP contribution in [0.5, 0.6) is 0 Å². The van der Waals surface area contributed by atoms with Gasteiger partial charge in [-0.3, -0.25) is 4.79 Å². The number of carbonyl (C=O) groups excluding carboxylic acids is 1. The van der Waals surface area contributed by atoms with Crippen molar-refractivity contribution < 1.29 is 17.7 Å². The van der Waals surface area contributed by atoms with E-state index in [4.69, 9.17) is 4.52 Å². The highest BCUT2D eigenvalue weighted by atomic mass is 32.2. The molecule has 0 radical (unpaired) electrons. The number of sulfonamides is 1. The second-order valence-electron chi connectivity index (χ2n) is 9.31. The Morgan fingerprint density at radius 1 is 1.06 bits per heavy atom. The Kier molecular flexibility index (Phi) is 7.76. The van der Waals surface area contributed by atoms with E-state index >= 15 is 0 Å². The number of hydrogen-bond acceptors (Lipinski definition) is 5. The molecule has 0 aliphatic carbocycles. The summed E-state index contributed by atoms with van der Waals surface area (Å²) in [5.41, 5.74) is 4.38. The number of aryl methyl sites for hydroxylation is 3. The minimum Gasteiger partial charge on any atom is -0.355 e. The van der Waals surface area contributed by atoms with Crippen molar-refractivity contribution in [1.29, 1.82) is 0 Å². The molecule has 2 aromatic carbocycles. The van der Waals surface area contributed by atoms with Crippen molar-refractivity contribution >= 4 is 33.8 Å². The summed E-state index contributed by atoms with van der Waals surface area (Å²) in [6, 6.07) is 15.8. The van der Waals surface area contributed by atoms with Crippen LogP contribution in [0.2, 0.25) is 0 Å². The topological polar surface area (TPSA) is 83.7 Å². The Hall–Kier alpha value is -3.23. The molecule has 36 heavy (non-hydrogen) atoms. The van der Waals surface area contributed by atoms with Crippen LogP contribution in [0.4, 0.5) is 5.69 Å². The van der Waals surface area contributed by atoms with Crippen LogP contribution in [0, 0.1) is 26.7 Å². The van der Waals surface area contributed by atoms with Gasteiger partial charge in [0.1, 0.15) is 5.69 Å². The van der Waals surface area contributed by atoms with Crippen molar-refractivity contribution in [1.82, 2.24) is 9.46 Å². The maximum absolute atomic E-state index is 13.6. The summed E-state index contributed by atoms with van der Waals surface area (Å²) >= 11 is 0. The number of amides is 1. The normalized spacial score (nSPS) is 15.4. The first-order chi connectivity index (χ1) is 17.2. The summed E-state index contributed by atoms with van der Waals surface area (Å²) in [5.74, 6) is 0.0345. The molecule has 0 spiro atoms. The van der Waals surface area contributed by atoms with E-state index in [1.54, 1.807) is 17.9 Å². The summed E-state index contributed by atoms with van der Waals surface area (Å²) in [6.07, 6.45) is 4.40. The zero-order valence-electron chi connectivity index (χ0n) is 21.3. The van der Waals surface area contributed by atoms with Gasteiger partial charge in [0.05, 0.1) is 0 Å². The number of rotatable bonds is 7. The maximum Gasteiger partial charge on any atom is 0.248 e. The third-order valence-electron chi connectivity index (χ3n) is 6.63. The molecule has 3 aromatic rings. The van der Waals surface area contributed by atoms with Gasteiger partial charge in [-0.05, 0) is 69.9 Å². The van der Waals surface area contributed by atoms with Crippen LogP contribution in [-0.2, 0) is 14.8 Å². The van der Waals surface area contributed by atoms with E-state index in [1.807, 2.05) is 75.4 Å². The largest absolute Gasteiger partial charge is 0.355 e. The number of hydrogen-bond donors (Lipinski definition) is 0. The third-order valence-corrected chi connectivity index (χ3v) is 8.69. The minimum atomic E-state index is -3.82. The van der Waals surface area contributed by atoms with E-state index in [1.165, 1.54) is 4.31 Å². The molecule has 0 unspecified atom stereocenters. The van der Waals surface area contributed by atoms with Gasteiger partial charge in [0, 0.05) is 31.2 Å². The molecule has 1 amide bonds. The van der Waals surface area contributed by atoms with E-state index < -0.39 is 10.0 Å². The maximum atomic E-state index is 13.6. The molecule has 0 N–H and O–H groups in total. The summed E-state index contributed by atoms with van der Waals surface area (Å²) in [6.45, 7) is 8.72. The van der Waals surface area contributed by atoms with Gasteiger partial charge in [0.15, 0.2) is 10.7 Å². The predicted octanol–water partition coefficient (Wildman–Crippen LogP) is 5.22. The zero-order chi connectivity index (χ0) is 25.9. The highest BCUT2D eigenvalue weighted by Gasteiger charge is 2.37. The van der Waals surface area contributed by atoms with Gasteiger partial charge in [0.2, 0.25) is 15.9 Å². The SMILES string of the molecule is CCN(C(=O)C1CCN(S(=O)(=O)c2c(C)noc2/C=C/c2ccc(C)cc2)CC1)c1cccc(C)c1. The quantitative estimate of drug-likeness (QED) is 0.438. The van der Waals surface area contributed by atoms with Gasteiger partial charge < -0.3 is 9.42 Å². The molecule has 2 heterocycles. The van der Waals surface area contributed by atoms with E-state index in [0.717, 1.165) is 22.4 Å². The van der Waals surface area contributed by atoms with Gasteiger partial charge in [-0.15, -0.1) is 0 Å². The fourth-order valence-electron chi connectivity index (χ4n) is 4.60. The van der Waals surface area contributed by atoms with Gasteiger partial charge >= 0.3 is 0 Å². The summed E-state index contributed by atoms with van der Waals surface area (Å²) in [4.78, 5) is 15.2. The fourth-order valence-corrected chi connectivity index (χ4v) is 6.32. The zero-order valence-corrected chi connectivity index (χ0v) is 22.1. The molecule has 7 nitrogen and oxygen atoms in total. The Morgan fingerprint density at radius 3 is 2.39 bits per heavy atom. The van der Waals surface area contributed by atoms with Crippen LogP contribution < -0.4 is 4.90 Å². The first kappa shape index (κ1) is 25.9. The van der Waals surface area contributed by atoms with Crippen molar-refractivity contribution in [3.63, 3.8) is 0 Å². The summed E-state index contributed by atoms with van der Waals surface area (Å²) in [5, 5.41) is 3.93. The van der Waals surface area contributed by atoms with Gasteiger partial charge in [-0.2, -0.15) is 4.31 Å². The number of anilines is 1. The smallest absolute Gasteiger partial charge is 0.248 e. The molecule has 1 aromatic heterocycles. The number of aromatic nitrogens is 1. The lowest BCUT2D eigenvalue weighted by Crippen LogP contribution is -2.44. The monoisotopic (exact) mass is 507 g/mol. The number of nitrogens with zero attached hydrogens (tertiary/aromatic N) is 3. The first-order valence-corrected chi connectivity index (χ1v) is 13.7. The predicted molar refractivity (Wildman–Crippen MR) is 142 cm³/mol. The molecule has 1 fully saturated rings. The van der Waals surface area contributed by atoms with Crippen molar-refractivity contribution in [2.45, 2.75) is 45.4 Å². The van der Waals surface area contributed by atoms with Gasteiger partial charge in [-0.25, -0.2) is 8.42 Å². The van der Waals surface area contributed by atoms with Crippen LogP contribution in [0.15, 0.2) is 57.9 Å². The Morgan fingerprint density at radius 2 is 1.75 bits per heavy atom. The van der Waals surface area contributed by atoms with E-state index in [0.29, 0.717) is 25.1 Å². The molecular weight excluding hydrogens is 474 g/mol. The molecule has 1 aliphatic rings.